The first-order valence-corrected chi connectivity index (χ1v) is 12.1. The number of nitrogens with zero attached hydrogens (tertiary/aromatic N) is 2. The second-order valence-corrected chi connectivity index (χ2v) is 8.71. The van der Waals surface area contributed by atoms with Gasteiger partial charge in [0, 0.05) is 57.0 Å². The number of methoxy groups -OCH3 is 1. The van der Waals surface area contributed by atoms with Gasteiger partial charge >= 0.3 is 0 Å². The second-order valence-electron chi connectivity index (χ2n) is 8.71. The average Bonchev–Trinajstić information content (AvgIpc) is 3.36. The summed E-state index contributed by atoms with van der Waals surface area (Å²) in [5, 5.41) is 19.6. The van der Waals surface area contributed by atoms with Crippen molar-refractivity contribution in [1.29, 1.82) is 0 Å². The Balaban J connectivity index is 1.77. The summed E-state index contributed by atoms with van der Waals surface area (Å²) >= 11 is 0. The molecule has 1 heterocycles. The summed E-state index contributed by atoms with van der Waals surface area (Å²) in [6.07, 6.45) is 7.29. The zero-order valence-corrected chi connectivity index (χ0v) is 21.1. The molecule has 0 fully saturated rings. The van der Waals surface area contributed by atoms with Crippen molar-refractivity contribution >= 4 is 17.5 Å². The van der Waals surface area contributed by atoms with E-state index in [1.54, 1.807) is 20.2 Å². The van der Waals surface area contributed by atoms with Gasteiger partial charge in [-0.05, 0) is 44.4 Å². The minimum absolute atomic E-state index is 0.0447. The van der Waals surface area contributed by atoms with Crippen molar-refractivity contribution in [2.45, 2.75) is 57.5 Å². The van der Waals surface area contributed by atoms with Crippen molar-refractivity contribution in [2.24, 2.45) is 10.7 Å². The highest BCUT2D eigenvalue weighted by molar-refractivity contribution is 5.99. The van der Waals surface area contributed by atoms with E-state index in [4.69, 9.17) is 10.5 Å². The second kappa shape index (κ2) is 14.9. The first kappa shape index (κ1) is 28.0. The van der Waals surface area contributed by atoms with Crippen molar-refractivity contribution in [3.63, 3.8) is 0 Å². The maximum atomic E-state index is 12.4. The van der Waals surface area contributed by atoms with Crippen LogP contribution in [0, 0.1) is 0 Å². The smallest absolute Gasteiger partial charge is 0.188 e. The van der Waals surface area contributed by atoms with Gasteiger partial charge in [0.2, 0.25) is 0 Å². The number of Topliss-reactive ketones (excluding diaryl/α,β-unsaturated/α-hetero) is 2. The predicted molar refractivity (Wildman–Crippen MR) is 137 cm³/mol. The van der Waals surface area contributed by atoms with E-state index in [2.05, 4.69) is 25.8 Å². The number of aromatic hydroxyl groups is 1. The summed E-state index contributed by atoms with van der Waals surface area (Å²) in [4.78, 5) is 31.0. The maximum absolute atomic E-state index is 12.4. The zero-order valence-electron chi connectivity index (χ0n) is 21.1. The monoisotopic (exact) mass is 488 g/mol. The standard InChI is InChI=1S/C25H40N6O4/c1-27-16-19-13-18(14-23(35-3)24(19)34)7-8-22(33)15-21(32)6-4-5-20(30-25(26)28-2)9-11-31-12-10-29-17-31/h10,12-14,20,27,29,34H,4-9,11,15-17H2,1-3H3,(H3,26,28,30). The maximum Gasteiger partial charge on any atom is 0.188 e. The number of nitrogens with one attached hydrogen (secondary N) is 3. The van der Waals surface area contributed by atoms with E-state index in [1.807, 2.05) is 18.5 Å². The van der Waals surface area contributed by atoms with Gasteiger partial charge in [-0.3, -0.25) is 14.6 Å². The highest BCUT2D eigenvalue weighted by Gasteiger charge is 2.16. The number of ketones is 2. The Morgan fingerprint density at radius 2 is 2.06 bits per heavy atom. The number of nitrogens with two attached hydrogens (primary N) is 1. The topological polar surface area (TPSA) is 141 Å². The minimum Gasteiger partial charge on any atom is -0.504 e. The minimum atomic E-state index is -0.0810. The lowest BCUT2D eigenvalue weighted by Crippen LogP contribution is -2.41. The van der Waals surface area contributed by atoms with Gasteiger partial charge in [-0.2, -0.15) is 0 Å². The van der Waals surface area contributed by atoms with Crippen molar-refractivity contribution in [3.05, 3.63) is 35.7 Å². The molecule has 1 aromatic carbocycles. The van der Waals surface area contributed by atoms with E-state index in [-0.39, 0.29) is 36.2 Å². The average molecular weight is 489 g/mol. The quantitative estimate of drug-likeness (QED) is 0.133. The van der Waals surface area contributed by atoms with Crippen LogP contribution in [0.3, 0.4) is 0 Å². The molecule has 0 radical (unpaired) electrons. The number of guanidine groups is 1. The molecular weight excluding hydrogens is 448 g/mol. The van der Waals surface area contributed by atoms with Crippen molar-refractivity contribution in [1.82, 2.24) is 20.9 Å². The lowest BCUT2D eigenvalue weighted by molar-refractivity contribution is -0.127. The first-order valence-electron chi connectivity index (χ1n) is 12.1. The summed E-state index contributed by atoms with van der Waals surface area (Å²) in [6, 6.07) is 3.69. The molecular formula is C25H40N6O4. The van der Waals surface area contributed by atoms with Crippen LogP contribution in [0.25, 0.3) is 0 Å². The Morgan fingerprint density at radius 1 is 1.29 bits per heavy atom. The van der Waals surface area contributed by atoms with E-state index >= 15 is 0 Å². The van der Waals surface area contributed by atoms with Gasteiger partial charge in [0.15, 0.2) is 17.5 Å². The Kier molecular flexibility index (Phi) is 11.9. The van der Waals surface area contributed by atoms with E-state index in [0.717, 1.165) is 31.6 Å². The van der Waals surface area contributed by atoms with E-state index in [1.165, 1.54) is 7.11 Å². The molecule has 0 saturated heterocycles. The molecule has 1 aromatic rings. The van der Waals surface area contributed by atoms with Crippen LogP contribution >= 0.6 is 0 Å². The number of aliphatic imine (C=N–C) groups is 1. The Hall–Kier alpha value is -3.27. The zero-order chi connectivity index (χ0) is 25.6. The van der Waals surface area contributed by atoms with Crippen molar-refractivity contribution in [2.75, 3.05) is 34.4 Å². The Labute approximate surface area is 208 Å². The third kappa shape index (κ3) is 9.86. The van der Waals surface area contributed by atoms with Crippen LogP contribution in [0.15, 0.2) is 29.5 Å². The molecule has 194 valence electrons. The summed E-state index contributed by atoms with van der Waals surface area (Å²) < 4.78 is 5.24. The lowest BCUT2D eigenvalue weighted by Gasteiger charge is -2.22. The van der Waals surface area contributed by atoms with Crippen LogP contribution in [0.1, 0.15) is 49.7 Å². The molecule has 2 rings (SSSR count). The molecule has 0 bridgehead atoms. The number of rotatable bonds is 16. The number of aryl methyl sites for hydroxylation is 1. The molecule has 1 aliphatic heterocycles. The largest absolute Gasteiger partial charge is 0.504 e. The van der Waals surface area contributed by atoms with Crippen LogP contribution < -0.4 is 26.4 Å². The van der Waals surface area contributed by atoms with E-state index in [9.17, 15) is 14.7 Å². The SMILES string of the molecule is CN=C(N)NC(CCCC(=O)CC(=O)CCc1cc(CNC)c(O)c(OC)c1)CCN1C=CNC1. The Morgan fingerprint density at radius 3 is 2.71 bits per heavy atom. The lowest BCUT2D eigenvalue weighted by atomic mass is 9.99. The fourth-order valence-electron chi connectivity index (χ4n) is 4.00. The van der Waals surface area contributed by atoms with Gasteiger partial charge in [-0.15, -0.1) is 0 Å². The number of carbonyl (C=O) groups excluding carboxylic acids is 2. The fraction of sp³-hybridized carbons (Fsp3) is 0.560. The van der Waals surface area contributed by atoms with Gasteiger partial charge in [-0.1, -0.05) is 6.07 Å². The molecule has 6 N–H and O–H groups in total. The number of hydrogen-bond donors (Lipinski definition) is 5. The fourth-order valence-corrected chi connectivity index (χ4v) is 4.00. The predicted octanol–water partition coefficient (Wildman–Crippen LogP) is 1.38. The van der Waals surface area contributed by atoms with Gasteiger partial charge in [0.25, 0.3) is 0 Å². The third-order valence-corrected chi connectivity index (χ3v) is 5.95. The number of phenolic OH excluding ortho intramolecular Hbond substituents is 1. The van der Waals surface area contributed by atoms with Crippen LogP contribution in [0.4, 0.5) is 0 Å². The van der Waals surface area contributed by atoms with Gasteiger partial charge in [0.05, 0.1) is 20.2 Å². The Bertz CT molecular complexity index is 902. The van der Waals surface area contributed by atoms with Gasteiger partial charge < -0.3 is 36.4 Å². The molecule has 1 unspecified atom stereocenters. The highest BCUT2D eigenvalue weighted by atomic mass is 16.5. The normalized spacial score (nSPS) is 14.0. The van der Waals surface area contributed by atoms with E-state index < -0.39 is 0 Å². The molecule has 0 aromatic heterocycles. The molecule has 1 aliphatic rings. The number of ether oxygens (including phenoxy) is 1. The molecule has 0 saturated carbocycles. The van der Waals surface area contributed by atoms with Crippen LogP contribution in [0.5, 0.6) is 11.5 Å². The summed E-state index contributed by atoms with van der Waals surface area (Å²) in [5.74, 6) is 0.736. The van der Waals surface area contributed by atoms with Crippen molar-refractivity contribution in [3.8, 4) is 11.5 Å². The third-order valence-electron chi connectivity index (χ3n) is 5.95. The molecule has 1 atom stereocenters. The molecule has 10 nitrogen and oxygen atoms in total. The van der Waals surface area contributed by atoms with Gasteiger partial charge in [-0.25, -0.2) is 0 Å². The van der Waals surface area contributed by atoms with Crippen LogP contribution in [-0.4, -0.2) is 68.0 Å². The van der Waals surface area contributed by atoms with E-state index in [0.29, 0.717) is 43.1 Å². The van der Waals surface area contributed by atoms with Gasteiger partial charge in [0.1, 0.15) is 11.6 Å². The van der Waals surface area contributed by atoms with Crippen molar-refractivity contribution < 1.29 is 19.4 Å². The van der Waals surface area contributed by atoms with Crippen LogP contribution in [0.2, 0.25) is 0 Å². The first-order chi connectivity index (χ1) is 16.9. The molecule has 0 spiro atoms. The number of carbonyl (C=O) groups is 2. The number of benzene rings is 1. The number of phenols is 1. The van der Waals surface area contributed by atoms with Crippen LogP contribution in [-0.2, 0) is 22.6 Å². The highest BCUT2D eigenvalue weighted by Crippen LogP contribution is 2.32. The molecule has 0 aliphatic carbocycles. The summed E-state index contributed by atoms with van der Waals surface area (Å²) in [6.45, 7) is 2.14. The molecule has 10 heteroatoms. The number of hydrogen-bond acceptors (Lipinski definition) is 8. The summed E-state index contributed by atoms with van der Waals surface area (Å²) in [7, 11) is 4.92. The summed E-state index contributed by atoms with van der Waals surface area (Å²) in [5.41, 5.74) is 7.45. The molecule has 0 amide bonds. The molecule has 35 heavy (non-hydrogen) atoms.